The van der Waals surface area contributed by atoms with E-state index < -0.39 is 6.04 Å². The molecule has 37 heavy (non-hydrogen) atoms. The van der Waals surface area contributed by atoms with Gasteiger partial charge in [0.05, 0.1) is 30.2 Å². The van der Waals surface area contributed by atoms with Gasteiger partial charge in [0.15, 0.2) is 16.9 Å². The van der Waals surface area contributed by atoms with E-state index in [-0.39, 0.29) is 17.1 Å². The molecule has 0 aliphatic carbocycles. The minimum Gasteiger partial charge on any atom is -0.490 e. The van der Waals surface area contributed by atoms with Gasteiger partial charge in [0.25, 0.3) is 5.91 Å². The van der Waals surface area contributed by atoms with Crippen LogP contribution in [0, 0.1) is 13.8 Å². The van der Waals surface area contributed by atoms with E-state index in [9.17, 15) is 9.59 Å². The first kappa shape index (κ1) is 26.7. The van der Waals surface area contributed by atoms with Crippen LogP contribution in [-0.4, -0.2) is 44.3 Å². The number of fused-ring (bicyclic) bond motifs is 2. The molecule has 0 saturated carbocycles. The molecular weight excluding hydrogens is 470 g/mol. The maximum absolute atomic E-state index is 13.9. The van der Waals surface area contributed by atoms with E-state index >= 15 is 0 Å². The number of rotatable bonds is 12. The lowest BCUT2D eigenvalue weighted by atomic mass is 9.96. The van der Waals surface area contributed by atoms with Crippen LogP contribution in [-0.2, 0) is 4.74 Å². The number of benzene rings is 2. The summed E-state index contributed by atoms with van der Waals surface area (Å²) < 4.78 is 23.3. The van der Waals surface area contributed by atoms with Crippen molar-refractivity contribution in [2.45, 2.75) is 59.4 Å². The van der Waals surface area contributed by atoms with Crippen LogP contribution in [0.1, 0.15) is 78.4 Å². The van der Waals surface area contributed by atoms with Crippen molar-refractivity contribution < 1.29 is 23.4 Å². The Morgan fingerprint density at radius 3 is 2.49 bits per heavy atom. The first-order valence-electron chi connectivity index (χ1n) is 13.2. The smallest absolute Gasteiger partial charge is 0.290 e. The molecule has 1 amide bonds. The van der Waals surface area contributed by atoms with Crippen molar-refractivity contribution in [2.75, 3.05) is 33.5 Å². The van der Waals surface area contributed by atoms with Crippen LogP contribution in [0.5, 0.6) is 11.5 Å². The van der Waals surface area contributed by atoms with Gasteiger partial charge in [0, 0.05) is 20.3 Å². The van der Waals surface area contributed by atoms with E-state index in [0.29, 0.717) is 60.8 Å². The van der Waals surface area contributed by atoms with Crippen LogP contribution in [0.15, 0.2) is 39.5 Å². The van der Waals surface area contributed by atoms with Gasteiger partial charge in [0.2, 0.25) is 5.76 Å². The number of hydrogen-bond donors (Lipinski definition) is 0. The molecule has 0 spiro atoms. The molecule has 0 radical (unpaired) electrons. The number of hydrogen-bond acceptors (Lipinski definition) is 6. The van der Waals surface area contributed by atoms with Gasteiger partial charge in [-0.25, -0.2) is 0 Å². The molecule has 1 aliphatic rings. The summed E-state index contributed by atoms with van der Waals surface area (Å²) in [5, 5.41) is 0.516. The molecule has 7 nitrogen and oxygen atoms in total. The van der Waals surface area contributed by atoms with Crippen LogP contribution < -0.4 is 14.9 Å². The monoisotopic (exact) mass is 507 g/mol. The predicted octanol–water partition coefficient (Wildman–Crippen LogP) is 5.96. The van der Waals surface area contributed by atoms with Crippen LogP contribution in [0.3, 0.4) is 0 Å². The highest BCUT2D eigenvalue weighted by Crippen LogP contribution is 2.41. The molecule has 0 fully saturated rings. The van der Waals surface area contributed by atoms with Gasteiger partial charge in [-0.2, -0.15) is 0 Å². The second-order valence-electron chi connectivity index (χ2n) is 9.57. The zero-order chi connectivity index (χ0) is 26.5. The summed E-state index contributed by atoms with van der Waals surface area (Å²) >= 11 is 0. The first-order chi connectivity index (χ1) is 17.9. The van der Waals surface area contributed by atoms with E-state index in [4.69, 9.17) is 18.6 Å². The number of carbonyl (C=O) groups is 1. The Hall–Kier alpha value is -3.32. The number of carbonyl (C=O) groups excluding carboxylic acids is 1. The zero-order valence-electron chi connectivity index (χ0n) is 22.5. The molecule has 3 aromatic rings. The summed E-state index contributed by atoms with van der Waals surface area (Å²) in [4.78, 5) is 29.2. The van der Waals surface area contributed by atoms with Crippen molar-refractivity contribution in [1.29, 1.82) is 0 Å². The van der Waals surface area contributed by atoms with Crippen molar-refractivity contribution in [3.8, 4) is 11.5 Å². The predicted molar refractivity (Wildman–Crippen MR) is 144 cm³/mol. The third kappa shape index (κ3) is 5.37. The maximum Gasteiger partial charge on any atom is 0.290 e. The normalized spacial score (nSPS) is 14.9. The lowest BCUT2D eigenvalue weighted by Crippen LogP contribution is -2.31. The van der Waals surface area contributed by atoms with Gasteiger partial charge in [-0.15, -0.1) is 0 Å². The van der Waals surface area contributed by atoms with E-state index in [1.165, 1.54) is 0 Å². The molecule has 0 saturated heterocycles. The molecule has 1 unspecified atom stereocenters. The summed E-state index contributed by atoms with van der Waals surface area (Å²) in [5.74, 6) is 1.09. The molecule has 0 N–H and O–H groups in total. The van der Waals surface area contributed by atoms with E-state index in [0.717, 1.165) is 36.0 Å². The van der Waals surface area contributed by atoms with E-state index in [1.54, 1.807) is 12.0 Å². The molecule has 1 aliphatic heterocycles. The summed E-state index contributed by atoms with van der Waals surface area (Å²) in [6, 6.07) is 8.87. The van der Waals surface area contributed by atoms with Gasteiger partial charge >= 0.3 is 0 Å². The fourth-order valence-electron chi connectivity index (χ4n) is 5.09. The SMILES string of the molecule is CCCCCOc1ccc(C2c3c(oc4cc(C)cc(C)c4c3=O)C(=O)N2CCCOC)cc1OCC. The highest BCUT2D eigenvalue weighted by atomic mass is 16.5. The number of unbranched alkanes of at least 4 members (excludes halogenated alkanes) is 2. The lowest BCUT2D eigenvalue weighted by Gasteiger charge is -2.26. The molecule has 4 rings (SSSR count). The van der Waals surface area contributed by atoms with E-state index in [1.807, 2.05) is 51.1 Å². The Morgan fingerprint density at radius 1 is 0.946 bits per heavy atom. The average molecular weight is 508 g/mol. The molecule has 2 aromatic carbocycles. The number of methoxy groups -OCH3 is 1. The summed E-state index contributed by atoms with van der Waals surface area (Å²) in [5.41, 5.74) is 3.24. The minimum atomic E-state index is -0.589. The fraction of sp³-hybridized carbons (Fsp3) is 0.467. The van der Waals surface area contributed by atoms with Gasteiger partial charge in [0.1, 0.15) is 5.58 Å². The third-order valence-corrected chi connectivity index (χ3v) is 6.75. The van der Waals surface area contributed by atoms with Crippen LogP contribution in [0.4, 0.5) is 0 Å². The van der Waals surface area contributed by atoms with Crippen molar-refractivity contribution >= 4 is 16.9 Å². The van der Waals surface area contributed by atoms with Crippen molar-refractivity contribution in [3.63, 3.8) is 0 Å². The van der Waals surface area contributed by atoms with Crippen LogP contribution in [0.25, 0.3) is 11.0 Å². The van der Waals surface area contributed by atoms with Crippen LogP contribution in [0.2, 0.25) is 0 Å². The largest absolute Gasteiger partial charge is 0.490 e. The summed E-state index contributed by atoms with van der Waals surface area (Å²) in [7, 11) is 1.63. The van der Waals surface area contributed by atoms with E-state index in [2.05, 4.69) is 6.92 Å². The molecule has 0 bridgehead atoms. The second kappa shape index (κ2) is 11.8. The van der Waals surface area contributed by atoms with Gasteiger partial charge < -0.3 is 23.5 Å². The Bertz CT molecular complexity index is 1330. The second-order valence-corrected chi connectivity index (χ2v) is 9.57. The Balaban J connectivity index is 1.83. The molecule has 198 valence electrons. The Kier molecular flexibility index (Phi) is 8.54. The highest BCUT2D eigenvalue weighted by molar-refractivity contribution is 5.99. The lowest BCUT2D eigenvalue weighted by molar-refractivity contribution is 0.0707. The molecule has 1 aromatic heterocycles. The summed E-state index contributed by atoms with van der Waals surface area (Å²) in [6.07, 6.45) is 3.82. The molecular formula is C30H37NO6. The van der Waals surface area contributed by atoms with Gasteiger partial charge in [-0.3, -0.25) is 9.59 Å². The van der Waals surface area contributed by atoms with Gasteiger partial charge in [-0.1, -0.05) is 31.9 Å². The maximum atomic E-state index is 13.9. The highest BCUT2D eigenvalue weighted by Gasteiger charge is 2.43. The Morgan fingerprint density at radius 2 is 1.76 bits per heavy atom. The average Bonchev–Trinajstić information content (AvgIpc) is 3.14. The molecule has 1 atom stereocenters. The standard InChI is InChI=1S/C30H37NO6/c1-6-8-9-15-36-22-12-11-21(18-23(22)35-7-2)27-26-28(32)25-20(4)16-19(3)17-24(25)37-29(26)30(33)31(27)13-10-14-34-5/h11-12,16-18,27H,6-10,13-15H2,1-5H3. The third-order valence-electron chi connectivity index (χ3n) is 6.75. The number of aryl methyl sites for hydroxylation is 2. The number of ether oxygens (including phenoxy) is 3. The minimum absolute atomic E-state index is 0.114. The fourth-order valence-corrected chi connectivity index (χ4v) is 5.09. The molecule has 2 heterocycles. The first-order valence-corrected chi connectivity index (χ1v) is 13.2. The zero-order valence-corrected chi connectivity index (χ0v) is 22.5. The van der Waals surface area contributed by atoms with Crippen molar-refractivity contribution in [3.05, 3.63) is 68.6 Å². The number of amides is 1. The number of nitrogens with zero attached hydrogens (tertiary/aromatic N) is 1. The van der Waals surface area contributed by atoms with Crippen molar-refractivity contribution in [1.82, 2.24) is 4.90 Å². The van der Waals surface area contributed by atoms with Crippen LogP contribution >= 0.6 is 0 Å². The molecule has 7 heteroatoms. The quantitative estimate of drug-likeness (QED) is 0.282. The topological polar surface area (TPSA) is 78.2 Å². The van der Waals surface area contributed by atoms with Crippen molar-refractivity contribution in [2.24, 2.45) is 0 Å². The Labute approximate surface area is 218 Å². The summed E-state index contributed by atoms with van der Waals surface area (Å²) in [6.45, 7) is 9.93. The van der Waals surface area contributed by atoms with Gasteiger partial charge in [-0.05, 0) is 68.5 Å².